The average molecular weight is 247 g/mol. The zero-order chi connectivity index (χ0) is 11.3. The van der Waals surface area contributed by atoms with E-state index in [1.54, 1.807) is 12.5 Å². The van der Waals surface area contributed by atoms with Crippen LogP contribution in [-0.2, 0) is 17.3 Å². The average Bonchev–Trinajstić information content (AvgIpc) is 2.20. The summed E-state index contributed by atoms with van der Waals surface area (Å²) in [5.41, 5.74) is 0.966. The van der Waals surface area contributed by atoms with Crippen LogP contribution in [0.5, 0.6) is 0 Å². The molecule has 3 nitrogen and oxygen atoms in total. The molecule has 0 fully saturated rings. The second-order valence-electron chi connectivity index (χ2n) is 3.39. The van der Waals surface area contributed by atoms with Crippen molar-refractivity contribution in [3.8, 4) is 0 Å². The highest BCUT2D eigenvalue weighted by Crippen LogP contribution is 2.10. The monoisotopic (exact) mass is 246 g/mol. The molecule has 0 saturated heterocycles. The van der Waals surface area contributed by atoms with Crippen LogP contribution in [0.2, 0.25) is 5.15 Å². The molecule has 1 heterocycles. The van der Waals surface area contributed by atoms with Gasteiger partial charge in [0.1, 0.15) is 5.15 Å². The fourth-order valence-corrected chi connectivity index (χ4v) is 1.62. The number of hydrogen-bond acceptors (Lipinski definition) is 3. The van der Waals surface area contributed by atoms with Gasteiger partial charge >= 0.3 is 0 Å². The first-order valence-electron chi connectivity index (χ1n) is 4.73. The molecular formula is C10H15ClN2OS. The summed E-state index contributed by atoms with van der Waals surface area (Å²) < 4.78 is 11.1. The van der Waals surface area contributed by atoms with Gasteiger partial charge in [0.25, 0.3) is 0 Å². The quantitative estimate of drug-likeness (QED) is 0.803. The molecule has 0 aromatic carbocycles. The van der Waals surface area contributed by atoms with Gasteiger partial charge in [-0.2, -0.15) is 0 Å². The number of pyridine rings is 1. The smallest absolute Gasteiger partial charge is 0.133 e. The van der Waals surface area contributed by atoms with Gasteiger partial charge in [0.05, 0.1) is 0 Å². The lowest BCUT2D eigenvalue weighted by atomic mass is 10.3. The second-order valence-corrected chi connectivity index (χ2v) is 5.55. The summed E-state index contributed by atoms with van der Waals surface area (Å²) >= 11 is 5.89. The number of nitrogens with zero attached hydrogens (tertiary/aromatic N) is 1. The van der Waals surface area contributed by atoms with Crippen molar-refractivity contribution in [1.82, 2.24) is 10.3 Å². The minimum atomic E-state index is -0.785. The van der Waals surface area contributed by atoms with Crippen molar-refractivity contribution in [2.45, 2.75) is 18.7 Å². The van der Waals surface area contributed by atoms with E-state index in [1.807, 2.05) is 19.1 Å². The Balaban J connectivity index is 2.38. The Bertz CT molecular complexity index is 346. The van der Waals surface area contributed by atoms with Crippen LogP contribution >= 0.6 is 11.6 Å². The van der Waals surface area contributed by atoms with Gasteiger partial charge < -0.3 is 5.32 Å². The Hall–Kier alpha value is -0.450. The molecule has 0 aliphatic carbocycles. The van der Waals surface area contributed by atoms with Crippen LogP contribution in [0, 0.1) is 0 Å². The third-order valence-corrected chi connectivity index (χ3v) is 3.79. The summed E-state index contributed by atoms with van der Waals surface area (Å²) in [5, 5.41) is 3.88. The fraction of sp³-hybridized carbons (Fsp3) is 0.500. The molecule has 5 heteroatoms. The van der Waals surface area contributed by atoms with Crippen LogP contribution in [0.15, 0.2) is 18.3 Å². The number of nitrogens with one attached hydrogen (secondary N) is 1. The van der Waals surface area contributed by atoms with Crippen LogP contribution in [0.4, 0.5) is 0 Å². The fourth-order valence-electron chi connectivity index (χ4n) is 1.08. The van der Waals surface area contributed by atoms with Gasteiger partial charge in [-0.05, 0) is 13.0 Å². The largest absolute Gasteiger partial charge is 0.311 e. The zero-order valence-electron chi connectivity index (χ0n) is 8.87. The van der Waals surface area contributed by atoms with Crippen LogP contribution in [0.1, 0.15) is 12.5 Å². The Morgan fingerprint density at radius 3 is 3.00 bits per heavy atom. The van der Waals surface area contributed by atoms with E-state index in [-0.39, 0.29) is 5.25 Å². The standard InChI is InChI=1S/C10H15ClN2OS/c1-8(15(2)14)6-12-7-9-4-3-5-13-10(9)11/h3-5,8,12H,6-7H2,1-2H3. The number of hydrogen-bond donors (Lipinski definition) is 1. The van der Waals surface area contributed by atoms with Gasteiger partial charge in [-0.25, -0.2) is 4.98 Å². The Kier molecular flexibility index (Phi) is 5.22. The molecule has 1 aromatic rings. The molecule has 0 aliphatic rings. The summed E-state index contributed by atoms with van der Waals surface area (Å²) in [7, 11) is -0.785. The van der Waals surface area contributed by atoms with E-state index in [0.717, 1.165) is 5.56 Å². The van der Waals surface area contributed by atoms with Crippen LogP contribution in [0.3, 0.4) is 0 Å². The number of aromatic nitrogens is 1. The maximum atomic E-state index is 11.1. The Labute approximate surface area is 97.7 Å². The summed E-state index contributed by atoms with van der Waals surface area (Å²) in [6.07, 6.45) is 3.37. The van der Waals surface area contributed by atoms with Crippen molar-refractivity contribution < 1.29 is 4.21 Å². The van der Waals surface area contributed by atoms with Crippen molar-refractivity contribution in [3.05, 3.63) is 29.0 Å². The predicted octanol–water partition coefficient (Wildman–Crippen LogP) is 1.59. The van der Waals surface area contributed by atoms with E-state index in [1.165, 1.54) is 0 Å². The lowest BCUT2D eigenvalue weighted by Gasteiger charge is -2.10. The van der Waals surface area contributed by atoms with Crippen molar-refractivity contribution >= 4 is 22.4 Å². The van der Waals surface area contributed by atoms with Crippen LogP contribution < -0.4 is 5.32 Å². The van der Waals surface area contributed by atoms with E-state index in [9.17, 15) is 4.21 Å². The Morgan fingerprint density at radius 1 is 1.67 bits per heavy atom. The molecule has 2 unspecified atom stereocenters. The van der Waals surface area contributed by atoms with Crippen molar-refractivity contribution in [3.63, 3.8) is 0 Å². The van der Waals surface area contributed by atoms with E-state index in [0.29, 0.717) is 18.2 Å². The molecule has 0 aliphatic heterocycles. The van der Waals surface area contributed by atoms with E-state index < -0.39 is 10.8 Å². The molecule has 0 radical (unpaired) electrons. The molecule has 0 saturated carbocycles. The lowest BCUT2D eigenvalue weighted by molar-refractivity contribution is 0.646. The predicted molar refractivity (Wildman–Crippen MR) is 64.5 cm³/mol. The molecule has 1 rings (SSSR count). The van der Waals surface area contributed by atoms with Gasteiger partial charge in [-0.15, -0.1) is 0 Å². The second kappa shape index (κ2) is 6.20. The highest BCUT2D eigenvalue weighted by molar-refractivity contribution is 7.84. The van der Waals surface area contributed by atoms with Gasteiger partial charge in [-0.1, -0.05) is 17.7 Å². The molecule has 84 valence electrons. The molecule has 0 amide bonds. The van der Waals surface area contributed by atoms with E-state index in [2.05, 4.69) is 10.3 Å². The summed E-state index contributed by atoms with van der Waals surface area (Å²) in [6, 6.07) is 3.78. The summed E-state index contributed by atoms with van der Waals surface area (Å²) in [6.45, 7) is 3.33. The Morgan fingerprint density at radius 2 is 2.40 bits per heavy atom. The first-order chi connectivity index (χ1) is 7.11. The minimum Gasteiger partial charge on any atom is -0.311 e. The number of halogens is 1. The van der Waals surface area contributed by atoms with Crippen LogP contribution in [-0.4, -0.2) is 27.2 Å². The lowest BCUT2D eigenvalue weighted by Crippen LogP contribution is -2.27. The van der Waals surface area contributed by atoms with E-state index >= 15 is 0 Å². The third kappa shape index (κ3) is 4.28. The maximum absolute atomic E-state index is 11.1. The molecule has 1 aromatic heterocycles. The third-order valence-electron chi connectivity index (χ3n) is 2.15. The van der Waals surface area contributed by atoms with Gasteiger partial charge in [0.2, 0.25) is 0 Å². The maximum Gasteiger partial charge on any atom is 0.133 e. The van der Waals surface area contributed by atoms with E-state index in [4.69, 9.17) is 11.6 Å². The first kappa shape index (κ1) is 12.6. The summed E-state index contributed by atoms with van der Waals surface area (Å²) in [4.78, 5) is 3.98. The molecule has 2 atom stereocenters. The molecule has 1 N–H and O–H groups in total. The molecule has 15 heavy (non-hydrogen) atoms. The van der Waals surface area contributed by atoms with Gasteiger partial charge in [0, 0.05) is 47.2 Å². The minimum absolute atomic E-state index is 0.153. The van der Waals surface area contributed by atoms with Gasteiger partial charge in [0.15, 0.2) is 0 Å². The highest BCUT2D eigenvalue weighted by Gasteiger charge is 2.05. The van der Waals surface area contributed by atoms with Gasteiger partial charge in [-0.3, -0.25) is 4.21 Å². The molecule has 0 spiro atoms. The van der Waals surface area contributed by atoms with Crippen molar-refractivity contribution in [2.75, 3.05) is 12.8 Å². The number of rotatable bonds is 5. The van der Waals surface area contributed by atoms with Crippen LogP contribution in [0.25, 0.3) is 0 Å². The molecule has 0 bridgehead atoms. The highest BCUT2D eigenvalue weighted by atomic mass is 35.5. The summed E-state index contributed by atoms with van der Waals surface area (Å²) in [5.74, 6) is 0. The topological polar surface area (TPSA) is 42.0 Å². The van der Waals surface area contributed by atoms with Crippen molar-refractivity contribution in [1.29, 1.82) is 0 Å². The SMILES string of the molecule is CC(CNCc1cccnc1Cl)S(C)=O. The normalized spacial score (nSPS) is 14.9. The first-order valence-corrected chi connectivity index (χ1v) is 6.73. The van der Waals surface area contributed by atoms with Crippen molar-refractivity contribution in [2.24, 2.45) is 0 Å². The zero-order valence-corrected chi connectivity index (χ0v) is 10.4. The molecular weight excluding hydrogens is 232 g/mol.